The number of carboxylic acids is 1. The fraction of sp³-hybridized carbons (Fsp3) is 0.300. The Morgan fingerprint density at radius 1 is 1.67 bits per heavy atom. The van der Waals surface area contributed by atoms with Crippen LogP contribution in [0.1, 0.15) is 13.3 Å². The van der Waals surface area contributed by atoms with Gasteiger partial charge in [0, 0.05) is 0 Å². The van der Waals surface area contributed by atoms with Crippen molar-refractivity contribution in [1.29, 1.82) is 0 Å². The molecule has 0 aliphatic rings. The molecule has 1 unspecified atom stereocenters. The first-order valence-corrected chi connectivity index (χ1v) is 4.86. The molecule has 0 fully saturated rings. The van der Waals surface area contributed by atoms with Gasteiger partial charge in [-0.25, -0.2) is 9.18 Å². The van der Waals surface area contributed by atoms with E-state index in [0.717, 1.165) is 0 Å². The summed E-state index contributed by atoms with van der Waals surface area (Å²) in [5, 5.41) is 11.8. The van der Waals surface area contributed by atoms with E-state index in [0.29, 0.717) is 17.1 Å². The Kier molecular flexibility index (Phi) is 3.91. The Labute approximate surface area is 91.9 Å². The molecule has 1 atom stereocenters. The highest BCUT2D eigenvalue weighted by Gasteiger charge is 2.15. The zero-order valence-corrected chi connectivity index (χ0v) is 8.88. The smallest absolute Gasteiger partial charge is 0.326 e. The lowest BCUT2D eigenvalue weighted by Crippen LogP contribution is -2.28. The molecule has 0 amide bonds. The lowest BCUT2D eigenvalue weighted by molar-refractivity contribution is -0.137. The van der Waals surface area contributed by atoms with Crippen LogP contribution < -0.4 is 5.32 Å². The summed E-state index contributed by atoms with van der Waals surface area (Å²) >= 11 is 5.78. The quantitative estimate of drug-likeness (QED) is 0.838. The van der Waals surface area contributed by atoms with Crippen molar-refractivity contribution in [2.45, 2.75) is 19.4 Å². The Morgan fingerprint density at radius 2 is 2.33 bits per heavy atom. The van der Waals surface area contributed by atoms with Crippen LogP contribution in [0.3, 0.4) is 0 Å². The second kappa shape index (κ2) is 4.98. The number of nitrogens with one attached hydrogen (secondary N) is 1. The third-order valence-electron chi connectivity index (χ3n) is 1.96. The number of halogens is 2. The van der Waals surface area contributed by atoms with Crippen LogP contribution in [-0.2, 0) is 4.79 Å². The summed E-state index contributed by atoms with van der Waals surface area (Å²) in [5.74, 6) is -1.44. The van der Waals surface area contributed by atoms with E-state index in [1.165, 1.54) is 18.2 Å². The normalized spacial score (nSPS) is 12.2. The molecule has 1 rings (SSSR count). The van der Waals surface area contributed by atoms with Gasteiger partial charge in [-0.15, -0.1) is 0 Å². The number of carbonyl (C=O) groups is 1. The molecule has 0 aromatic heterocycles. The van der Waals surface area contributed by atoms with Gasteiger partial charge in [-0.1, -0.05) is 18.5 Å². The molecule has 0 heterocycles. The third-order valence-corrected chi connectivity index (χ3v) is 2.29. The molecule has 0 saturated carbocycles. The van der Waals surface area contributed by atoms with Gasteiger partial charge in [0.1, 0.15) is 11.9 Å². The Hall–Kier alpha value is -1.29. The summed E-state index contributed by atoms with van der Waals surface area (Å²) in [7, 11) is 0. The zero-order chi connectivity index (χ0) is 11.4. The SMILES string of the molecule is CCC(Nc1cc(F)ccc1Cl)C(=O)O. The van der Waals surface area contributed by atoms with Gasteiger partial charge < -0.3 is 10.4 Å². The van der Waals surface area contributed by atoms with Gasteiger partial charge in [-0.3, -0.25) is 0 Å². The molecule has 0 aliphatic heterocycles. The van der Waals surface area contributed by atoms with Gasteiger partial charge >= 0.3 is 5.97 Å². The molecule has 3 nitrogen and oxygen atoms in total. The highest BCUT2D eigenvalue weighted by molar-refractivity contribution is 6.33. The summed E-state index contributed by atoms with van der Waals surface area (Å²) < 4.78 is 12.9. The lowest BCUT2D eigenvalue weighted by Gasteiger charge is -2.14. The predicted octanol–water partition coefficient (Wildman–Crippen LogP) is 2.75. The van der Waals surface area contributed by atoms with Crippen LogP contribution in [0.15, 0.2) is 18.2 Å². The highest BCUT2D eigenvalue weighted by atomic mass is 35.5. The maximum absolute atomic E-state index is 12.9. The van der Waals surface area contributed by atoms with Gasteiger partial charge in [-0.05, 0) is 24.6 Å². The number of aliphatic carboxylic acids is 1. The van der Waals surface area contributed by atoms with Crippen LogP contribution in [0.25, 0.3) is 0 Å². The Balaban J connectivity index is 2.87. The van der Waals surface area contributed by atoms with Crippen LogP contribution in [-0.4, -0.2) is 17.1 Å². The van der Waals surface area contributed by atoms with Gasteiger partial charge in [0.15, 0.2) is 0 Å². The molecule has 2 N–H and O–H groups in total. The first kappa shape index (κ1) is 11.8. The summed E-state index contributed by atoms with van der Waals surface area (Å²) in [6, 6.07) is 3.01. The molecule has 1 aromatic rings. The van der Waals surface area contributed by atoms with E-state index in [-0.39, 0.29) is 0 Å². The predicted molar refractivity (Wildman–Crippen MR) is 56.7 cm³/mol. The van der Waals surface area contributed by atoms with Gasteiger partial charge in [0.25, 0.3) is 0 Å². The van der Waals surface area contributed by atoms with Gasteiger partial charge in [-0.2, -0.15) is 0 Å². The van der Waals surface area contributed by atoms with Crippen molar-refractivity contribution < 1.29 is 14.3 Å². The molecule has 0 aliphatic carbocycles. The molecule has 0 saturated heterocycles. The van der Waals surface area contributed by atoms with Crippen molar-refractivity contribution in [2.75, 3.05) is 5.32 Å². The van der Waals surface area contributed by atoms with Crippen LogP contribution in [0.2, 0.25) is 5.02 Å². The van der Waals surface area contributed by atoms with E-state index in [9.17, 15) is 9.18 Å². The Bertz CT molecular complexity index is 370. The number of carboxylic acid groups (broad SMARTS) is 1. The average Bonchev–Trinajstić information content (AvgIpc) is 2.18. The fourth-order valence-electron chi connectivity index (χ4n) is 1.13. The standard InChI is InChI=1S/C10H11ClFNO2/c1-2-8(10(14)15)13-9-5-6(12)3-4-7(9)11/h3-5,8,13H,2H2,1H3,(H,14,15). The van der Waals surface area contributed by atoms with Crippen molar-refractivity contribution in [3.05, 3.63) is 29.0 Å². The first-order chi connectivity index (χ1) is 7.04. The second-order valence-corrected chi connectivity index (χ2v) is 3.47. The zero-order valence-electron chi connectivity index (χ0n) is 8.13. The van der Waals surface area contributed by atoms with E-state index in [4.69, 9.17) is 16.7 Å². The van der Waals surface area contributed by atoms with E-state index in [1.54, 1.807) is 6.92 Å². The summed E-state index contributed by atoms with van der Waals surface area (Å²) in [4.78, 5) is 10.7. The molecule has 82 valence electrons. The molecular formula is C10H11ClFNO2. The van der Waals surface area contributed by atoms with E-state index >= 15 is 0 Å². The topological polar surface area (TPSA) is 49.3 Å². The van der Waals surface area contributed by atoms with E-state index in [1.807, 2.05) is 0 Å². The molecular weight excluding hydrogens is 221 g/mol. The molecule has 15 heavy (non-hydrogen) atoms. The maximum atomic E-state index is 12.9. The minimum absolute atomic E-state index is 0.297. The summed E-state index contributed by atoms with van der Waals surface area (Å²) in [6.45, 7) is 1.72. The molecule has 0 spiro atoms. The number of hydrogen-bond acceptors (Lipinski definition) is 2. The third kappa shape index (κ3) is 3.09. The van der Waals surface area contributed by atoms with E-state index in [2.05, 4.69) is 5.32 Å². The monoisotopic (exact) mass is 231 g/mol. The second-order valence-electron chi connectivity index (χ2n) is 3.07. The largest absolute Gasteiger partial charge is 0.480 e. The van der Waals surface area contributed by atoms with Crippen molar-refractivity contribution in [1.82, 2.24) is 0 Å². The fourth-order valence-corrected chi connectivity index (χ4v) is 1.31. The van der Waals surface area contributed by atoms with Crippen molar-refractivity contribution >= 4 is 23.3 Å². The van der Waals surface area contributed by atoms with Gasteiger partial charge in [0.2, 0.25) is 0 Å². The first-order valence-electron chi connectivity index (χ1n) is 4.49. The highest BCUT2D eigenvalue weighted by Crippen LogP contribution is 2.23. The van der Waals surface area contributed by atoms with Crippen molar-refractivity contribution in [3.8, 4) is 0 Å². The number of benzene rings is 1. The summed E-state index contributed by atoms with van der Waals surface area (Å²) in [6.07, 6.45) is 0.391. The molecule has 0 bridgehead atoms. The van der Waals surface area contributed by atoms with Crippen LogP contribution in [0.4, 0.5) is 10.1 Å². The Morgan fingerprint density at radius 3 is 2.87 bits per heavy atom. The molecule has 5 heteroatoms. The molecule has 0 radical (unpaired) electrons. The number of hydrogen-bond donors (Lipinski definition) is 2. The van der Waals surface area contributed by atoms with Crippen molar-refractivity contribution in [3.63, 3.8) is 0 Å². The summed E-state index contributed by atoms with van der Waals surface area (Å²) in [5.41, 5.74) is 0.297. The van der Waals surface area contributed by atoms with Crippen LogP contribution in [0.5, 0.6) is 0 Å². The minimum atomic E-state index is -0.988. The van der Waals surface area contributed by atoms with Gasteiger partial charge in [0.05, 0.1) is 10.7 Å². The van der Waals surface area contributed by atoms with Crippen molar-refractivity contribution in [2.24, 2.45) is 0 Å². The van der Waals surface area contributed by atoms with E-state index < -0.39 is 17.8 Å². The van der Waals surface area contributed by atoms with Crippen LogP contribution in [0, 0.1) is 5.82 Å². The number of rotatable bonds is 4. The minimum Gasteiger partial charge on any atom is -0.480 e. The number of anilines is 1. The average molecular weight is 232 g/mol. The molecule has 1 aromatic carbocycles. The maximum Gasteiger partial charge on any atom is 0.326 e. The lowest BCUT2D eigenvalue weighted by atomic mass is 10.2. The van der Waals surface area contributed by atoms with Crippen LogP contribution >= 0.6 is 11.6 Å².